The Morgan fingerprint density at radius 1 is 1.18 bits per heavy atom. The summed E-state index contributed by atoms with van der Waals surface area (Å²) in [5, 5.41) is 6.45. The SMILES string of the molecule is CNC(=O)[C@@H]1C[C@H](NCc2ccc(SC)cc2)CN1C/C=C/c1ccccc1. The average molecular weight is 396 g/mol. The van der Waals surface area contributed by atoms with Gasteiger partial charge in [0.05, 0.1) is 6.04 Å². The summed E-state index contributed by atoms with van der Waals surface area (Å²) in [5.74, 6) is 0.0988. The van der Waals surface area contributed by atoms with Crippen molar-refractivity contribution in [1.82, 2.24) is 15.5 Å². The molecule has 0 aromatic heterocycles. The van der Waals surface area contributed by atoms with Crippen LogP contribution in [0.25, 0.3) is 6.08 Å². The number of carbonyl (C=O) groups is 1. The fraction of sp³-hybridized carbons (Fsp3) is 0.348. The Morgan fingerprint density at radius 3 is 2.61 bits per heavy atom. The Balaban J connectivity index is 1.56. The Bertz CT molecular complexity index is 776. The van der Waals surface area contributed by atoms with E-state index in [1.807, 2.05) is 18.2 Å². The number of likely N-dealkylation sites (tertiary alicyclic amines) is 1. The molecule has 28 heavy (non-hydrogen) atoms. The number of nitrogens with one attached hydrogen (secondary N) is 2. The number of carbonyl (C=O) groups excluding carboxylic acids is 1. The highest BCUT2D eigenvalue weighted by Gasteiger charge is 2.35. The van der Waals surface area contributed by atoms with Crippen molar-refractivity contribution in [3.8, 4) is 0 Å². The summed E-state index contributed by atoms with van der Waals surface area (Å²) in [6, 6.07) is 19.2. The third-order valence-electron chi connectivity index (χ3n) is 5.16. The second-order valence-corrected chi connectivity index (χ2v) is 7.94. The number of rotatable bonds is 8. The molecule has 1 fully saturated rings. The first-order valence-electron chi connectivity index (χ1n) is 9.73. The second-order valence-electron chi connectivity index (χ2n) is 7.06. The predicted molar refractivity (Wildman–Crippen MR) is 118 cm³/mol. The summed E-state index contributed by atoms with van der Waals surface area (Å²) in [4.78, 5) is 15.9. The molecule has 1 heterocycles. The molecule has 4 nitrogen and oxygen atoms in total. The maximum Gasteiger partial charge on any atom is 0.237 e. The molecule has 0 bridgehead atoms. The van der Waals surface area contributed by atoms with E-state index in [1.165, 1.54) is 16.0 Å². The first kappa shape index (κ1) is 20.6. The number of nitrogens with zero attached hydrogens (tertiary/aromatic N) is 1. The van der Waals surface area contributed by atoms with Gasteiger partial charge in [-0.2, -0.15) is 0 Å². The molecular weight excluding hydrogens is 366 g/mol. The van der Waals surface area contributed by atoms with E-state index in [9.17, 15) is 4.79 Å². The lowest BCUT2D eigenvalue weighted by Crippen LogP contribution is -2.41. The standard InChI is InChI=1S/C23H29N3OS/c1-24-23(27)22-15-20(25-16-19-10-12-21(28-2)13-11-19)17-26(22)14-6-9-18-7-4-3-5-8-18/h3-13,20,22,25H,14-17H2,1-2H3,(H,24,27)/b9-6+/t20-,22-/m0/s1. The molecular formula is C23H29N3OS. The zero-order valence-corrected chi connectivity index (χ0v) is 17.4. The lowest BCUT2D eigenvalue weighted by Gasteiger charge is -2.21. The molecule has 1 saturated heterocycles. The van der Waals surface area contributed by atoms with Crippen LogP contribution in [0.5, 0.6) is 0 Å². The van der Waals surface area contributed by atoms with Gasteiger partial charge in [-0.05, 0) is 35.9 Å². The maximum atomic E-state index is 12.3. The second kappa shape index (κ2) is 10.5. The minimum absolute atomic E-state index is 0.0817. The molecule has 3 rings (SSSR count). The Hall–Kier alpha value is -2.08. The average Bonchev–Trinajstić information content (AvgIpc) is 3.16. The molecule has 2 aromatic rings. The zero-order chi connectivity index (χ0) is 19.8. The fourth-order valence-corrected chi connectivity index (χ4v) is 3.99. The van der Waals surface area contributed by atoms with Gasteiger partial charge in [0.1, 0.15) is 0 Å². The van der Waals surface area contributed by atoms with Crippen molar-refractivity contribution in [2.45, 2.75) is 29.9 Å². The molecule has 2 atom stereocenters. The summed E-state index contributed by atoms with van der Waals surface area (Å²) in [7, 11) is 1.72. The third-order valence-corrected chi connectivity index (χ3v) is 5.90. The van der Waals surface area contributed by atoms with Gasteiger partial charge in [0.2, 0.25) is 5.91 Å². The summed E-state index contributed by atoms with van der Waals surface area (Å²) >= 11 is 1.76. The largest absolute Gasteiger partial charge is 0.358 e. The van der Waals surface area contributed by atoms with Crippen LogP contribution in [0, 0.1) is 0 Å². The van der Waals surface area contributed by atoms with Gasteiger partial charge in [-0.15, -0.1) is 11.8 Å². The molecule has 0 unspecified atom stereocenters. The number of hydrogen-bond donors (Lipinski definition) is 2. The molecule has 2 aromatic carbocycles. The smallest absolute Gasteiger partial charge is 0.237 e. The molecule has 148 valence electrons. The van der Waals surface area contributed by atoms with E-state index in [2.05, 4.69) is 70.3 Å². The molecule has 0 aliphatic carbocycles. The van der Waals surface area contributed by atoms with E-state index in [-0.39, 0.29) is 11.9 Å². The normalized spacial score (nSPS) is 19.9. The maximum absolute atomic E-state index is 12.3. The minimum Gasteiger partial charge on any atom is -0.358 e. The summed E-state index contributed by atoms with van der Waals surface area (Å²) in [5.41, 5.74) is 2.46. The van der Waals surface area contributed by atoms with Crippen molar-refractivity contribution in [3.05, 3.63) is 71.8 Å². The number of benzene rings is 2. The van der Waals surface area contributed by atoms with Crippen LogP contribution in [0.3, 0.4) is 0 Å². The number of thioether (sulfide) groups is 1. The molecule has 0 spiro atoms. The van der Waals surface area contributed by atoms with E-state index in [4.69, 9.17) is 0 Å². The highest BCUT2D eigenvalue weighted by molar-refractivity contribution is 7.98. The highest BCUT2D eigenvalue weighted by Crippen LogP contribution is 2.20. The molecule has 2 N–H and O–H groups in total. The van der Waals surface area contributed by atoms with Gasteiger partial charge in [-0.3, -0.25) is 9.69 Å². The zero-order valence-electron chi connectivity index (χ0n) is 16.6. The van der Waals surface area contributed by atoms with Crippen molar-refractivity contribution in [2.75, 3.05) is 26.4 Å². The van der Waals surface area contributed by atoms with Gasteiger partial charge in [0.15, 0.2) is 0 Å². The van der Waals surface area contributed by atoms with Crippen molar-refractivity contribution in [2.24, 2.45) is 0 Å². The quantitative estimate of drug-likeness (QED) is 0.673. The minimum atomic E-state index is -0.0817. The third kappa shape index (κ3) is 5.71. The highest BCUT2D eigenvalue weighted by atomic mass is 32.2. The van der Waals surface area contributed by atoms with E-state index in [1.54, 1.807) is 18.8 Å². The van der Waals surface area contributed by atoms with Gasteiger partial charge in [0.25, 0.3) is 0 Å². The van der Waals surface area contributed by atoms with Crippen molar-refractivity contribution in [3.63, 3.8) is 0 Å². The number of amides is 1. The predicted octanol–water partition coefficient (Wildman–Crippen LogP) is 3.40. The van der Waals surface area contributed by atoms with Crippen LogP contribution in [0.4, 0.5) is 0 Å². The van der Waals surface area contributed by atoms with Crippen molar-refractivity contribution in [1.29, 1.82) is 0 Å². The molecule has 5 heteroatoms. The molecule has 1 aliphatic rings. The van der Waals surface area contributed by atoms with Crippen LogP contribution in [0.2, 0.25) is 0 Å². The first-order valence-corrected chi connectivity index (χ1v) is 11.0. The summed E-state index contributed by atoms with van der Waals surface area (Å²) in [6.45, 7) is 2.47. The van der Waals surface area contributed by atoms with Crippen LogP contribution in [-0.2, 0) is 11.3 Å². The van der Waals surface area contributed by atoms with Gasteiger partial charge in [0, 0.05) is 37.6 Å². The number of likely N-dealkylation sites (N-methyl/N-ethyl adjacent to an activating group) is 1. The Kier molecular flexibility index (Phi) is 7.71. The van der Waals surface area contributed by atoms with Gasteiger partial charge < -0.3 is 10.6 Å². The first-order chi connectivity index (χ1) is 13.7. The lowest BCUT2D eigenvalue weighted by molar-refractivity contribution is -0.124. The Labute approximate surface area is 172 Å². The van der Waals surface area contributed by atoms with E-state index in [0.29, 0.717) is 6.04 Å². The van der Waals surface area contributed by atoms with Gasteiger partial charge >= 0.3 is 0 Å². The van der Waals surface area contributed by atoms with Crippen LogP contribution in [-0.4, -0.2) is 49.3 Å². The summed E-state index contributed by atoms with van der Waals surface area (Å²) in [6.07, 6.45) is 7.19. The van der Waals surface area contributed by atoms with E-state index in [0.717, 1.165) is 26.1 Å². The van der Waals surface area contributed by atoms with Crippen molar-refractivity contribution >= 4 is 23.7 Å². The van der Waals surface area contributed by atoms with Crippen LogP contribution in [0.15, 0.2) is 65.6 Å². The molecule has 1 aliphatic heterocycles. The van der Waals surface area contributed by atoms with E-state index < -0.39 is 0 Å². The Morgan fingerprint density at radius 2 is 1.93 bits per heavy atom. The summed E-state index contributed by atoms with van der Waals surface area (Å²) < 4.78 is 0. The van der Waals surface area contributed by atoms with Gasteiger partial charge in [-0.25, -0.2) is 0 Å². The van der Waals surface area contributed by atoms with Crippen LogP contribution in [0.1, 0.15) is 17.5 Å². The van der Waals surface area contributed by atoms with Crippen molar-refractivity contribution < 1.29 is 4.79 Å². The van der Waals surface area contributed by atoms with Gasteiger partial charge in [-0.1, -0.05) is 54.6 Å². The van der Waals surface area contributed by atoms with Crippen LogP contribution >= 0.6 is 11.8 Å². The molecule has 0 saturated carbocycles. The number of hydrogen-bond acceptors (Lipinski definition) is 4. The fourth-order valence-electron chi connectivity index (χ4n) is 3.59. The molecule has 0 radical (unpaired) electrons. The lowest BCUT2D eigenvalue weighted by atomic mass is 10.1. The topological polar surface area (TPSA) is 44.4 Å². The van der Waals surface area contributed by atoms with E-state index >= 15 is 0 Å². The monoisotopic (exact) mass is 395 g/mol. The van der Waals surface area contributed by atoms with Crippen LogP contribution < -0.4 is 10.6 Å². The molecule has 1 amide bonds.